The third kappa shape index (κ3) is 2.71. The summed E-state index contributed by atoms with van der Waals surface area (Å²) in [5.74, 6) is 0.442. The minimum absolute atomic E-state index is 0.294. The van der Waals surface area contributed by atoms with Gasteiger partial charge in [-0.1, -0.05) is 36.4 Å². The smallest absolute Gasteiger partial charge is 0.341 e. The van der Waals surface area contributed by atoms with Gasteiger partial charge in [-0.25, -0.2) is 9.79 Å². The Morgan fingerprint density at radius 2 is 1.83 bits per heavy atom. The van der Waals surface area contributed by atoms with Gasteiger partial charge in [0.15, 0.2) is 5.54 Å². The molecule has 0 radical (unpaired) electrons. The number of carbonyl (C=O) groups excluding carboxylic acids is 1. The summed E-state index contributed by atoms with van der Waals surface area (Å²) in [6, 6.07) is 17.0. The molecule has 4 nitrogen and oxygen atoms in total. The maximum atomic E-state index is 12.6. The second-order valence-electron chi connectivity index (χ2n) is 5.81. The molecule has 4 heteroatoms. The van der Waals surface area contributed by atoms with E-state index in [9.17, 15) is 4.79 Å². The Hall–Kier alpha value is -2.88. The maximum Gasteiger partial charge on any atom is 0.341 e. The molecule has 0 unspecified atom stereocenters. The molecule has 3 rings (SSSR count). The van der Waals surface area contributed by atoms with Gasteiger partial charge in [-0.05, 0) is 36.8 Å². The van der Waals surface area contributed by atoms with E-state index in [4.69, 9.17) is 9.47 Å². The normalized spacial score (nSPS) is 20.9. The Kier molecular flexibility index (Phi) is 4.21. The Morgan fingerprint density at radius 3 is 2.42 bits per heavy atom. The lowest BCUT2D eigenvalue weighted by Gasteiger charge is -2.25. The Morgan fingerprint density at radius 1 is 1.17 bits per heavy atom. The quantitative estimate of drug-likeness (QED) is 0.623. The van der Waals surface area contributed by atoms with Crippen molar-refractivity contribution in [2.45, 2.75) is 18.4 Å². The van der Waals surface area contributed by atoms with E-state index in [-0.39, 0.29) is 11.9 Å². The van der Waals surface area contributed by atoms with Crippen LogP contribution in [0.25, 0.3) is 0 Å². The van der Waals surface area contributed by atoms with Gasteiger partial charge < -0.3 is 9.47 Å². The zero-order valence-electron chi connectivity index (χ0n) is 13.7. The van der Waals surface area contributed by atoms with Crippen LogP contribution in [0.3, 0.4) is 0 Å². The van der Waals surface area contributed by atoms with Crippen LogP contribution in [0.1, 0.15) is 24.0 Å². The minimum Gasteiger partial charge on any atom is -0.497 e. The number of carbonyl (C=O) groups is 1. The molecule has 0 bridgehead atoms. The van der Waals surface area contributed by atoms with E-state index in [2.05, 4.69) is 11.6 Å². The summed E-state index contributed by atoms with van der Waals surface area (Å²) in [7, 11) is 1.62. The standard InChI is InChI=1S/C20H19NO3/c1-4-17(14-10-12-16(23-3)13-11-14)20(2)19(22)24-18(21-20)15-8-6-5-7-9-15/h4-13,17H,1H2,2-3H3/t17-,20+/m1/s1. The number of hydrogen-bond donors (Lipinski definition) is 0. The number of cyclic esters (lactones) is 1. The second kappa shape index (κ2) is 6.32. The molecule has 0 saturated heterocycles. The van der Waals surface area contributed by atoms with E-state index in [1.807, 2.05) is 54.6 Å². The summed E-state index contributed by atoms with van der Waals surface area (Å²) < 4.78 is 10.6. The molecular weight excluding hydrogens is 302 g/mol. The van der Waals surface area contributed by atoms with Crippen molar-refractivity contribution in [1.82, 2.24) is 0 Å². The first kappa shape index (κ1) is 16.0. The predicted octanol–water partition coefficient (Wildman–Crippen LogP) is 3.73. The van der Waals surface area contributed by atoms with Gasteiger partial charge in [0, 0.05) is 11.5 Å². The van der Waals surface area contributed by atoms with Crippen molar-refractivity contribution in [3.63, 3.8) is 0 Å². The average molecular weight is 321 g/mol. The van der Waals surface area contributed by atoms with Crippen LogP contribution < -0.4 is 4.74 Å². The fraction of sp³-hybridized carbons (Fsp3) is 0.200. The van der Waals surface area contributed by atoms with Gasteiger partial charge in [-0.15, -0.1) is 6.58 Å². The molecule has 0 spiro atoms. The first-order valence-electron chi connectivity index (χ1n) is 7.72. The molecule has 2 atom stereocenters. The van der Waals surface area contributed by atoms with Gasteiger partial charge >= 0.3 is 5.97 Å². The maximum absolute atomic E-state index is 12.6. The lowest BCUT2D eigenvalue weighted by Crippen LogP contribution is -2.36. The van der Waals surface area contributed by atoms with Crippen molar-refractivity contribution < 1.29 is 14.3 Å². The van der Waals surface area contributed by atoms with E-state index in [1.165, 1.54) is 0 Å². The van der Waals surface area contributed by atoms with E-state index in [0.717, 1.165) is 16.9 Å². The van der Waals surface area contributed by atoms with Crippen LogP contribution in [0.2, 0.25) is 0 Å². The van der Waals surface area contributed by atoms with Gasteiger partial charge in [0.2, 0.25) is 5.90 Å². The molecule has 24 heavy (non-hydrogen) atoms. The summed E-state index contributed by atoms with van der Waals surface area (Å²) >= 11 is 0. The van der Waals surface area contributed by atoms with Gasteiger partial charge in [0.25, 0.3) is 0 Å². The zero-order chi connectivity index (χ0) is 17.2. The SMILES string of the molecule is C=C[C@H](c1ccc(OC)cc1)[C@]1(C)N=C(c2ccccc2)OC1=O. The number of methoxy groups -OCH3 is 1. The molecule has 1 aliphatic heterocycles. The number of esters is 1. The highest BCUT2D eigenvalue weighted by Gasteiger charge is 2.47. The largest absolute Gasteiger partial charge is 0.497 e. The van der Waals surface area contributed by atoms with Gasteiger partial charge in [0.1, 0.15) is 5.75 Å². The van der Waals surface area contributed by atoms with Crippen molar-refractivity contribution in [3.05, 3.63) is 78.4 Å². The molecular formula is C20H19NO3. The number of benzene rings is 2. The molecule has 0 aromatic heterocycles. The fourth-order valence-corrected chi connectivity index (χ4v) is 2.87. The monoisotopic (exact) mass is 321 g/mol. The number of hydrogen-bond acceptors (Lipinski definition) is 4. The highest BCUT2D eigenvalue weighted by atomic mass is 16.6. The van der Waals surface area contributed by atoms with Crippen molar-refractivity contribution in [2.24, 2.45) is 4.99 Å². The van der Waals surface area contributed by atoms with Crippen molar-refractivity contribution >= 4 is 11.9 Å². The van der Waals surface area contributed by atoms with Gasteiger partial charge in [0.05, 0.1) is 7.11 Å². The topological polar surface area (TPSA) is 47.9 Å². The lowest BCUT2D eigenvalue weighted by atomic mass is 9.81. The molecule has 0 aliphatic carbocycles. The molecule has 1 aliphatic rings. The minimum atomic E-state index is -1.04. The molecule has 122 valence electrons. The van der Waals surface area contributed by atoms with Gasteiger partial charge in [-0.2, -0.15) is 0 Å². The fourth-order valence-electron chi connectivity index (χ4n) is 2.87. The summed E-state index contributed by atoms with van der Waals surface area (Å²) in [4.78, 5) is 17.2. The number of nitrogens with zero attached hydrogens (tertiary/aromatic N) is 1. The molecule has 2 aromatic rings. The predicted molar refractivity (Wildman–Crippen MR) is 93.4 cm³/mol. The van der Waals surface area contributed by atoms with Crippen molar-refractivity contribution in [3.8, 4) is 5.75 Å². The third-order valence-corrected chi connectivity index (χ3v) is 4.27. The Labute approximate surface area is 141 Å². The average Bonchev–Trinajstić information content (AvgIpc) is 2.93. The van der Waals surface area contributed by atoms with Crippen LogP contribution in [-0.4, -0.2) is 24.5 Å². The van der Waals surface area contributed by atoms with Crippen LogP contribution in [0.15, 0.2) is 72.2 Å². The molecule has 0 amide bonds. The molecule has 0 N–H and O–H groups in total. The highest BCUT2D eigenvalue weighted by Crippen LogP contribution is 2.38. The molecule has 2 aromatic carbocycles. The van der Waals surface area contributed by atoms with Crippen LogP contribution >= 0.6 is 0 Å². The van der Waals surface area contributed by atoms with E-state index in [1.54, 1.807) is 20.1 Å². The van der Waals surface area contributed by atoms with Crippen LogP contribution in [0.4, 0.5) is 0 Å². The van der Waals surface area contributed by atoms with E-state index >= 15 is 0 Å². The molecule has 0 fully saturated rings. The summed E-state index contributed by atoms with van der Waals surface area (Å²) in [5, 5.41) is 0. The number of ether oxygens (including phenoxy) is 2. The van der Waals surface area contributed by atoms with E-state index in [0.29, 0.717) is 5.90 Å². The molecule has 0 saturated carbocycles. The van der Waals surface area contributed by atoms with Crippen LogP contribution in [-0.2, 0) is 9.53 Å². The molecule has 1 heterocycles. The third-order valence-electron chi connectivity index (χ3n) is 4.27. The highest BCUT2D eigenvalue weighted by molar-refractivity contribution is 6.08. The first-order chi connectivity index (χ1) is 11.6. The van der Waals surface area contributed by atoms with Crippen LogP contribution in [0.5, 0.6) is 5.75 Å². The number of rotatable bonds is 5. The van der Waals surface area contributed by atoms with Crippen molar-refractivity contribution in [2.75, 3.05) is 7.11 Å². The van der Waals surface area contributed by atoms with Crippen molar-refractivity contribution in [1.29, 1.82) is 0 Å². The summed E-state index contributed by atoms with van der Waals surface area (Å²) in [6.07, 6.45) is 1.74. The van der Waals surface area contributed by atoms with E-state index < -0.39 is 5.54 Å². The Bertz CT molecular complexity index is 780. The van der Waals surface area contributed by atoms with Gasteiger partial charge in [-0.3, -0.25) is 0 Å². The Balaban J connectivity index is 1.99. The first-order valence-corrected chi connectivity index (χ1v) is 7.72. The zero-order valence-corrected chi connectivity index (χ0v) is 13.7. The summed E-state index contributed by atoms with van der Waals surface area (Å²) in [5.41, 5.74) is 0.678. The van der Waals surface area contributed by atoms with Crippen LogP contribution in [0, 0.1) is 0 Å². The lowest BCUT2D eigenvalue weighted by molar-refractivity contribution is -0.138. The number of aliphatic imine (C=N–C) groups is 1. The second-order valence-corrected chi connectivity index (χ2v) is 5.81. The summed E-state index contributed by atoms with van der Waals surface area (Å²) in [6.45, 7) is 5.67.